The Hall–Kier alpha value is -0.160. The van der Waals surface area contributed by atoms with Crippen LogP contribution < -0.4 is 5.32 Å². The number of rotatable bonds is 15. The minimum Gasteiger partial charge on any atom is -0.382 e. The second-order valence-corrected chi connectivity index (χ2v) is 4.44. The van der Waals surface area contributed by atoms with Gasteiger partial charge in [-0.25, -0.2) is 0 Å². The summed E-state index contributed by atoms with van der Waals surface area (Å²) in [6.07, 6.45) is 7.77. The van der Waals surface area contributed by atoms with Crippen LogP contribution in [0.4, 0.5) is 0 Å². The Morgan fingerprint density at radius 1 is 0.667 bits per heavy atom. The van der Waals surface area contributed by atoms with Crippen molar-refractivity contribution < 1.29 is 14.2 Å². The van der Waals surface area contributed by atoms with E-state index >= 15 is 0 Å². The molecule has 0 amide bonds. The summed E-state index contributed by atoms with van der Waals surface area (Å²) < 4.78 is 15.7. The van der Waals surface area contributed by atoms with Crippen LogP contribution in [0.3, 0.4) is 0 Å². The molecule has 0 rings (SSSR count). The van der Waals surface area contributed by atoms with Crippen LogP contribution in [0.2, 0.25) is 0 Å². The van der Waals surface area contributed by atoms with Crippen molar-refractivity contribution >= 4 is 0 Å². The first-order valence-corrected chi connectivity index (χ1v) is 7.21. The molecule has 110 valence electrons. The molecule has 0 atom stereocenters. The van der Waals surface area contributed by atoms with Gasteiger partial charge in [-0.05, 0) is 26.4 Å². The monoisotopic (exact) mass is 261 g/mol. The Morgan fingerprint density at radius 3 is 1.89 bits per heavy atom. The van der Waals surface area contributed by atoms with Crippen LogP contribution in [0.25, 0.3) is 0 Å². The number of methoxy groups -OCH3 is 1. The largest absolute Gasteiger partial charge is 0.382 e. The normalized spacial score (nSPS) is 11.0. The Morgan fingerprint density at radius 2 is 1.22 bits per heavy atom. The second kappa shape index (κ2) is 16.8. The summed E-state index contributed by atoms with van der Waals surface area (Å²) in [5.41, 5.74) is 0. The van der Waals surface area contributed by atoms with Crippen LogP contribution in [0, 0.1) is 0 Å². The maximum Gasteiger partial charge on any atom is 0.0701 e. The molecule has 0 radical (unpaired) electrons. The quantitative estimate of drug-likeness (QED) is 0.459. The van der Waals surface area contributed by atoms with Crippen molar-refractivity contribution in [3.05, 3.63) is 0 Å². The van der Waals surface area contributed by atoms with Crippen LogP contribution in [0.1, 0.15) is 38.5 Å². The fourth-order valence-electron chi connectivity index (χ4n) is 1.68. The first-order valence-electron chi connectivity index (χ1n) is 7.21. The van der Waals surface area contributed by atoms with Crippen LogP contribution >= 0.6 is 0 Å². The molecule has 0 saturated carbocycles. The van der Waals surface area contributed by atoms with Crippen LogP contribution in [-0.4, -0.2) is 53.7 Å². The van der Waals surface area contributed by atoms with Crippen LogP contribution in [0.5, 0.6) is 0 Å². The number of hydrogen-bond acceptors (Lipinski definition) is 4. The standard InChI is InChI=1S/C14H31NO3/c1-15-9-7-5-3-4-6-8-10-17-13-14-18-12-11-16-2/h15H,3-14H2,1-2H3. The SMILES string of the molecule is CNCCCCCCCCOCCOCCOC. The predicted molar refractivity (Wildman–Crippen MR) is 75.1 cm³/mol. The van der Waals surface area contributed by atoms with E-state index in [1.54, 1.807) is 7.11 Å². The minimum absolute atomic E-state index is 0.659. The lowest BCUT2D eigenvalue weighted by atomic mass is 10.1. The maximum absolute atomic E-state index is 5.48. The molecule has 0 saturated heterocycles. The van der Waals surface area contributed by atoms with Gasteiger partial charge < -0.3 is 19.5 Å². The van der Waals surface area contributed by atoms with E-state index in [0.29, 0.717) is 26.4 Å². The first-order chi connectivity index (χ1) is 8.91. The van der Waals surface area contributed by atoms with Crippen molar-refractivity contribution in [3.63, 3.8) is 0 Å². The lowest BCUT2D eigenvalue weighted by Crippen LogP contribution is -2.08. The number of nitrogens with one attached hydrogen (secondary N) is 1. The van der Waals surface area contributed by atoms with Gasteiger partial charge in [-0.2, -0.15) is 0 Å². The van der Waals surface area contributed by atoms with Gasteiger partial charge in [-0.15, -0.1) is 0 Å². The lowest BCUT2D eigenvalue weighted by Gasteiger charge is -2.05. The first kappa shape index (κ1) is 17.8. The summed E-state index contributed by atoms with van der Waals surface area (Å²) in [5.74, 6) is 0. The zero-order valence-corrected chi connectivity index (χ0v) is 12.2. The third kappa shape index (κ3) is 15.8. The highest BCUT2D eigenvalue weighted by Gasteiger charge is 1.93. The summed E-state index contributed by atoms with van der Waals surface area (Å²) in [6.45, 7) is 4.70. The molecule has 0 aromatic carbocycles. The fraction of sp³-hybridized carbons (Fsp3) is 1.00. The molecule has 0 aliphatic rings. The highest BCUT2D eigenvalue weighted by molar-refractivity contribution is 4.47. The topological polar surface area (TPSA) is 39.7 Å². The van der Waals surface area contributed by atoms with E-state index < -0.39 is 0 Å². The Labute approximate surface area is 112 Å². The fourth-order valence-corrected chi connectivity index (χ4v) is 1.68. The number of hydrogen-bond donors (Lipinski definition) is 1. The van der Waals surface area contributed by atoms with Gasteiger partial charge in [-0.1, -0.05) is 25.7 Å². The van der Waals surface area contributed by atoms with Gasteiger partial charge in [0.05, 0.1) is 26.4 Å². The van der Waals surface area contributed by atoms with Gasteiger partial charge in [0, 0.05) is 13.7 Å². The van der Waals surface area contributed by atoms with E-state index in [0.717, 1.165) is 13.2 Å². The van der Waals surface area contributed by atoms with Gasteiger partial charge in [0.15, 0.2) is 0 Å². The van der Waals surface area contributed by atoms with Gasteiger partial charge in [-0.3, -0.25) is 0 Å². The van der Waals surface area contributed by atoms with Crippen molar-refractivity contribution in [3.8, 4) is 0 Å². The average Bonchev–Trinajstić information content (AvgIpc) is 2.39. The maximum atomic E-state index is 5.48. The van der Waals surface area contributed by atoms with E-state index in [9.17, 15) is 0 Å². The van der Waals surface area contributed by atoms with Crippen molar-refractivity contribution in [1.29, 1.82) is 0 Å². The summed E-state index contributed by atoms with van der Waals surface area (Å²) >= 11 is 0. The zero-order valence-electron chi connectivity index (χ0n) is 12.2. The predicted octanol–water partition coefficient (Wildman–Crippen LogP) is 2.23. The highest BCUT2D eigenvalue weighted by Crippen LogP contribution is 2.04. The van der Waals surface area contributed by atoms with E-state index in [-0.39, 0.29) is 0 Å². The molecule has 0 heterocycles. The molecule has 4 heteroatoms. The zero-order chi connectivity index (χ0) is 13.3. The minimum atomic E-state index is 0.659. The highest BCUT2D eigenvalue weighted by atomic mass is 16.5. The van der Waals surface area contributed by atoms with Crippen molar-refractivity contribution in [1.82, 2.24) is 5.32 Å². The van der Waals surface area contributed by atoms with Gasteiger partial charge in [0.1, 0.15) is 0 Å². The molecule has 0 aromatic heterocycles. The van der Waals surface area contributed by atoms with E-state index in [4.69, 9.17) is 14.2 Å². The molecule has 0 bridgehead atoms. The number of unbranched alkanes of at least 4 members (excludes halogenated alkanes) is 5. The third-order valence-corrected chi connectivity index (χ3v) is 2.77. The summed E-state index contributed by atoms with van der Waals surface area (Å²) in [7, 11) is 3.69. The Bertz CT molecular complexity index is 129. The molecule has 0 fully saturated rings. The summed E-state index contributed by atoms with van der Waals surface area (Å²) in [5, 5.41) is 3.17. The summed E-state index contributed by atoms with van der Waals surface area (Å²) in [6, 6.07) is 0. The molecular formula is C14H31NO3. The van der Waals surface area contributed by atoms with Gasteiger partial charge >= 0.3 is 0 Å². The lowest BCUT2D eigenvalue weighted by molar-refractivity contribution is 0.0239. The molecule has 18 heavy (non-hydrogen) atoms. The molecule has 0 spiro atoms. The average molecular weight is 261 g/mol. The third-order valence-electron chi connectivity index (χ3n) is 2.77. The van der Waals surface area contributed by atoms with Crippen molar-refractivity contribution in [2.24, 2.45) is 0 Å². The van der Waals surface area contributed by atoms with E-state index in [1.807, 2.05) is 7.05 Å². The molecule has 0 aliphatic carbocycles. The second-order valence-electron chi connectivity index (χ2n) is 4.44. The van der Waals surface area contributed by atoms with Crippen molar-refractivity contribution in [2.45, 2.75) is 38.5 Å². The molecular weight excluding hydrogens is 230 g/mol. The Kier molecular flexibility index (Phi) is 16.7. The summed E-state index contributed by atoms with van der Waals surface area (Å²) in [4.78, 5) is 0. The van der Waals surface area contributed by atoms with E-state index in [1.165, 1.54) is 38.5 Å². The van der Waals surface area contributed by atoms with Gasteiger partial charge in [0.25, 0.3) is 0 Å². The van der Waals surface area contributed by atoms with Crippen LogP contribution in [-0.2, 0) is 14.2 Å². The van der Waals surface area contributed by atoms with Crippen molar-refractivity contribution in [2.75, 3.05) is 53.7 Å². The van der Waals surface area contributed by atoms with Crippen LogP contribution in [0.15, 0.2) is 0 Å². The number of ether oxygens (including phenoxy) is 3. The van der Waals surface area contributed by atoms with E-state index in [2.05, 4.69) is 5.32 Å². The van der Waals surface area contributed by atoms with Gasteiger partial charge in [0.2, 0.25) is 0 Å². The molecule has 0 aliphatic heterocycles. The molecule has 0 aromatic rings. The Balaban J connectivity index is 2.86. The smallest absolute Gasteiger partial charge is 0.0701 e. The molecule has 0 unspecified atom stereocenters. The molecule has 1 N–H and O–H groups in total. The molecule has 4 nitrogen and oxygen atoms in total.